The van der Waals surface area contributed by atoms with Crippen molar-refractivity contribution in [1.29, 1.82) is 0 Å². The summed E-state index contributed by atoms with van der Waals surface area (Å²) < 4.78 is 0. The fourth-order valence-corrected chi connectivity index (χ4v) is 7.45. The second-order valence-electron chi connectivity index (χ2n) is 9.43. The molecule has 4 N–H and O–H groups in total. The molecule has 4 aliphatic carbocycles. The van der Waals surface area contributed by atoms with Crippen LogP contribution in [0.4, 0.5) is 0 Å². The maximum atomic E-state index is 6.55. The molecule has 4 aliphatic rings. The first-order chi connectivity index (χ1) is 9.96. The van der Waals surface area contributed by atoms with Crippen molar-refractivity contribution in [3.8, 4) is 0 Å². The van der Waals surface area contributed by atoms with E-state index in [9.17, 15) is 0 Å². The molecule has 8 atom stereocenters. The van der Waals surface area contributed by atoms with E-state index in [1.54, 1.807) is 0 Å². The Labute approximate surface area is 130 Å². The summed E-state index contributed by atoms with van der Waals surface area (Å²) in [6, 6.07) is 0.501. The van der Waals surface area contributed by atoms with Crippen LogP contribution in [-0.2, 0) is 0 Å². The van der Waals surface area contributed by atoms with Crippen LogP contribution in [0.25, 0.3) is 0 Å². The largest absolute Gasteiger partial charge is 0.326 e. The number of nitrogens with two attached hydrogens (primary N) is 2. The molecule has 4 rings (SSSR count). The van der Waals surface area contributed by atoms with E-state index in [-0.39, 0.29) is 12.1 Å². The van der Waals surface area contributed by atoms with E-state index in [1.807, 2.05) is 0 Å². The Kier molecular flexibility index (Phi) is 3.25. The zero-order valence-electron chi connectivity index (χ0n) is 14.0. The van der Waals surface area contributed by atoms with E-state index < -0.39 is 0 Å². The predicted octanol–water partition coefficient (Wildman–Crippen LogP) is 3.68. The Morgan fingerprint density at radius 3 is 2.38 bits per heavy atom. The molecule has 0 aliphatic heterocycles. The van der Waals surface area contributed by atoms with Crippen molar-refractivity contribution in [2.45, 2.75) is 83.7 Å². The molecule has 0 spiro atoms. The Balaban J connectivity index is 1.64. The highest BCUT2D eigenvalue weighted by Crippen LogP contribution is 2.65. The first kappa shape index (κ1) is 14.5. The van der Waals surface area contributed by atoms with Gasteiger partial charge in [-0.2, -0.15) is 0 Å². The van der Waals surface area contributed by atoms with Crippen LogP contribution >= 0.6 is 0 Å². The lowest BCUT2D eigenvalue weighted by Crippen LogP contribution is -2.62. The monoisotopic (exact) mass is 290 g/mol. The van der Waals surface area contributed by atoms with Crippen molar-refractivity contribution in [1.82, 2.24) is 0 Å². The standard InChI is InChI=1S/C19H34N2/c1-18-9-3-4-13(18)12-5-6-15-17(21)16(20)8-11-19(15,2)14(12)7-10-18/h12-17H,3-11,20-21H2,1-2H3/t12-,13-,14-,15-,16?,17?,18-,19+/m0/s1. The van der Waals surface area contributed by atoms with Gasteiger partial charge in [0.2, 0.25) is 0 Å². The lowest BCUT2D eigenvalue weighted by atomic mass is 9.44. The quantitative estimate of drug-likeness (QED) is 0.715. The van der Waals surface area contributed by atoms with Gasteiger partial charge in [0, 0.05) is 12.1 Å². The summed E-state index contributed by atoms with van der Waals surface area (Å²) in [5.74, 6) is 3.63. The van der Waals surface area contributed by atoms with Crippen LogP contribution in [-0.4, -0.2) is 12.1 Å². The number of fused-ring (bicyclic) bond motifs is 5. The van der Waals surface area contributed by atoms with E-state index in [1.165, 1.54) is 51.4 Å². The van der Waals surface area contributed by atoms with Gasteiger partial charge in [-0.05, 0) is 85.9 Å². The third kappa shape index (κ3) is 1.91. The zero-order valence-corrected chi connectivity index (χ0v) is 14.0. The molecule has 0 radical (unpaired) electrons. The molecular formula is C19H34N2. The van der Waals surface area contributed by atoms with Gasteiger partial charge < -0.3 is 11.5 Å². The fourth-order valence-electron chi connectivity index (χ4n) is 7.45. The van der Waals surface area contributed by atoms with E-state index in [0.717, 1.165) is 24.2 Å². The second-order valence-corrected chi connectivity index (χ2v) is 9.43. The summed E-state index contributed by atoms with van der Waals surface area (Å²) in [5.41, 5.74) is 14.0. The van der Waals surface area contributed by atoms with E-state index in [0.29, 0.717) is 16.7 Å². The van der Waals surface area contributed by atoms with Gasteiger partial charge in [-0.3, -0.25) is 0 Å². The van der Waals surface area contributed by atoms with Gasteiger partial charge in [-0.1, -0.05) is 20.3 Å². The Morgan fingerprint density at radius 1 is 0.762 bits per heavy atom. The van der Waals surface area contributed by atoms with Gasteiger partial charge in [0.15, 0.2) is 0 Å². The molecule has 0 aromatic carbocycles. The van der Waals surface area contributed by atoms with Gasteiger partial charge >= 0.3 is 0 Å². The third-order valence-electron chi connectivity index (χ3n) is 8.70. The Morgan fingerprint density at radius 2 is 1.57 bits per heavy atom. The van der Waals surface area contributed by atoms with Crippen molar-refractivity contribution in [3.63, 3.8) is 0 Å². The zero-order chi connectivity index (χ0) is 14.8. The van der Waals surface area contributed by atoms with Crippen LogP contribution in [0.2, 0.25) is 0 Å². The molecule has 0 aromatic rings. The maximum Gasteiger partial charge on any atom is 0.0226 e. The van der Waals surface area contributed by atoms with Crippen molar-refractivity contribution in [2.24, 2.45) is 46.0 Å². The first-order valence-electron chi connectivity index (χ1n) is 9.47. The van der Waals surface area contributed by atoms with Crippen molar-refractivity contribution in [2.75, 3.05) is 0 Å². The van der Waals surface area contributed by atoms with Crippen molar-refractivity contribution < 1.29 is 0 Å². The number of hydrogen-bond donors (Lipinski definition) is 2. The van der Waals surface area contributed by atoms with Gasteiger partial charge in [-0.25, -0.2) is 0 Å². The predicted molar refractivity (Wildman–Crippen MR) is 87.7 cm³/mol. The van der Waals surface area contributed by atoms with Crippen molar-refractivity contribution in [3.05, 3.63) is 0 Å². The molecule has 4 fully saturated rings. The summed E-state index contributed by atoms with van der Waals surface area (Å²) in [6.07, 6.45) is 12.7. The Hall–Kier alpha value is -0.0800. The second kappa shape index (κ2) is 4.71. The number of rotatable bonds is 0. The molecule has 0 bridgehead atoms. The van der Waals surface area contributed by atoms with Gasteiger partial charge in [-0.15, -0.1) is 0 Å². The van der Waals surface area contributed by atoms with Gasteiger partial charge in [0.05, 0.1) is 0 Å². The average molecular weight is 290 g/mol. The third-order valence-corrected chi connectivity index (χ3v) is 8.70. The number of hydrogen-bond acceptors (Lipinski definition) is 2. The van der Waals surface area contributed by atoms with Crippen LogP contribution < -0.4 is 11.5 Å². The normalized spacial score (nSPS) is 60.0. The fraction of sp³-hybridized carbons (Fsp3) is 1.00. The molecule has 2 unspecified atom stereocenters. The molecule has 0 aromatic heterocycles. The SMILES string of the molecule is C[C@@]12CCC[C@H]1[C@@H]1CC[C@H]3C(N)C(N)CC[C@]3(C)[C@H]1CC2. The topological polar surface area (TPSA) is 52.0 Å². The maximum absolute atomic E-state index is 6.55. The smallest absolute Gasteiger partial charge is 0.0226 e. The van der Waals surface area contributed by atoms with Gasteiger partial charge in [0.1, 0.15) is 0 Å². The minimum Gasteiger partial charge on any atom is -0.326 e. The minimum atomic E-state index is 0.250. The summed E-state index contributed by atoms with van der Waals surface area (Å²) in [5, 5.41) is 0. The summed E-state index contributed by atoms with van der Waals surface area (Å²) >= 11 is 0. The molecule has 0 heterocycles. The highest BCUT2D eigenvalue weighted by molar-refractivity contribution is 5.10. The Bertz CT molecular complexity index is 422. The average Bonchev–Trinajstić information content (AvgIpc) is 2.85. The lowest BCUT2D eigenvalue weighted by Gasteiger charge is -2.61. The van der Waals surface area contributed by atoms with Crippen LogP contribution in [0.5, 0.6) is 0 Å². The first-order valence-corrected chi connectivity index (χ1v) is 9.47. The van der Waals surface area contributed by atoms with Crippen LogP contribution in [0.15, 0.2) is 0 Å². The lowest BCUT2D eigenvalue weighted by molar-refractivity contribution is -0.111. The van der Waals surface area contributed by atoms with Crippen LogP contribution in [0.3, 0.4) is 0 Å². The van der Waals surface area contributed by atoms with E-state index >= 15 is 0 Å². The molecule has 120 valence electrons. The van der Waals surface area contributed by atoms with Crippen molar-refractivity contribution >= 4 is 0 Å². The molecule has 2 nitrogen and oxygen atoms in total. The van der Waals surface area contributed by atoms with Crippen LogP contribution in [0.1, 0.15) is 71.6 Å². The van der Waals surface area contributed by atoms with E-state index in [2.05, 4.69) is 13.8 Å². The summed E-state index contributed by atoms with van der Waals surface area (Å²) in [7, 11) is 0. The van der Waals surface area contributed by atoms with Crippen LogP contribution in [0, 0.1) is 34.5 Å². The summed E-state index contributed by atoms with van der Waals surface area (Å²) in [6.45, 7) is 5.18. The van der Waals surface area contributed by atoms with Gasteiger partial charge in [0.25, 0.3) is 0 Å². The molecule has 4 saturated carbocycles. The molecule has 0 saturated heterocycles. The minimum absolute atomic E-state index is 0.250. The highest BCUT2D eigenvalue weighted by atomic mass is 14.8. The molecule has 21 heavy (non-hydrogen) atoms. The molecular weight excluding hydrogens is 256 g/mol. The molecule has 2 heteroatoms. The van der Waals surface area contributed by atoms with E-state index in [4.69, 9.17) is 11.5 Å². The highest BCUT2D eigenvalue weighted by Gasteiger charge is 2.59. The summed E-state index contributed by atoms with van der Waals surface area (Å²) in [4.78, 5) is 0. The molecule has 0 amide bonds.